The second kappa shape index (κ2) is 4.40. The molecule has 2 aliphatic rings. The second-order valence-corrected chi connectivity index (χ2v) is 5.16. The largest absolute Gasteiger partial charge is 0.384 e. The summed E-state index contributed by atoms with van der Waals surface area (Å²) in [5, 5.41) is 0.245. The molecule has 1 aromatic heterocycles. The van der Waals surface area contributed by atoms with Gasteiger partial charge >= 0.3 is 0 Å². The van der Waals surface area contributed by atoms with Gasteiger partial charge in [-0.15, -0.1) is 0 Å². The highest BCUT2D eigenvalue weighted by atomic mass is 35.5. The first-order chi connectivity index (χ1) is 8.61. The Morgan fingerprint density at radius 3 is 2.67 bits per heavy atom. The Morgan fingerprint density at radius 2 is 2.06 bits per heavy atom. The molecule has 2 bridgehead atoms. The van der Waals surface area contributed by atoms with Gasteiger partial charge in [0.2, 0.25) is 0 Å². The summed E-state index contributed by atoms with van der Waals surface area (Å²) in [5.41, 5.74) is 6.10. The molecule has 3 heterocycles. The summed E-state index contributed by atoms with van der Waals surface area (Å²) in [6.07, 6.45) is 2.44. The molecule has 2 fully saturated rings. The zero-order valence-corrected chi connectivity index (χ0v) is 10.6. The number of amides is 1. The summed E-state index contributed by atoms with van der Waals surface area (Å²) in [7, 11) is 0. The summed E-state index contributed by atoms with van der Waals surface area (Å²) < 4.78 is 5.70. The van der Waals surface area contributed by atoms with Gasteiger partial charge < -0.3 is 15.4 Å². The Labute approximate surface area is 110 Å². The fourth-order valence-electron chi connectivity index (χ4n) is 2.60. The monoisotopic (exact) mass is 267 g/mol. The quantitative estimate of drug-likeness (QED) is 0.779. The van der Waals surface area contributed by atoms with Crippen LogP contribution in [-0.4, -0.2) is 41.1 Å². The number of hydrogen-bond acceptors (Lipinski definition) is 4. The van der Waals surface area contributed by atoms with Gasteiger partial charge in [0.1, 0.15) is 11.0 Å². The number of carbonyl (C=O) groups excluding carboxylic acids is 1. The molecule has 6 heteroatoms. The zero-order valence-electron chi connectivity index (χ0n) is 9.80. The Hall–Kier alpha value is -1.33. The molecule has 1 amide bonds. The van der Waals surface area contributed by atoms with Crippen molar-refractivity contribution in [3.05, 3.63) is 22.8 Å². The molecule has 0 aliphatic carbocycles. The SMILES string of the molecule is Nc1cc(C(=O)N2CC3CCC(C2)O3)cc(Cl)n1. The third kappa shape index (κ3) is 2.15. The molecule has 2 atom stereocenters. The second-order valence-electron chi connectivity index (χ2n) is 4.77. The van der Waals surface area contributed by atoms with Crippen LogP contribution >= 0.6 is 11.6 Å². The molecular formula is C12H14ClN3O2. The van der Waals surface area contributed by atoms with Crippen LogP contribution in [-0.2, 0) is 4.74 Å². The molecule has 1 aromatic rings. The van der Waals surface area contributed by atoms with E-state index in [1.54, 1.807) is 12.1 Å². The number of fused-ring (bicyclic) bond motifs is 2. The number of aromatic nitrogens is 1. The van der Waals surface area contributed by atoms with Crippen LogP contribution in [0.5, 0.6) is 0 Å². The number of ether oxygens (including phenoxy) is 1. The third-order valence-electron chi connectivity index (χ3n) is 3.39. The molecule has 0 spiro atoms. The Morgan fingerprint density at radius 1 is 1.39 bits per heavy atom. The third-order valence-corrected chi connectivity index (χ3v) is 3.59. The minimum atomic E-state index is -0.0498. The molecule has 5 nitrogen and oxygen atoms in total. The normalized spacial score (nSPS) is 26.4. The van der Waals surface area contributed by atoms with Gasteiger partial charge in [-0.05, 0) is 25.0 Å². The van der Waals surface area contributed by atoms with Crippen LogP contribution in [0.3, 0.4) is 0 Å². The van der Waals surface area contributed by atoms with Gasteiger partial charge in [0.25, 0.3) is 5.91 Å². The maximum atomic E-state index is 12.4. The van der Waals surface area contributed by atoms with Crippen molar-refractivity contribution in [2.75, 3.05) is 18.8 Å². The summed E-state index contributed by atoms with van der Waals surface area (Å²) in [6.45, 7) is 1.30. The number of likely N-dealkylation sites (tertiary alicyclic amines) is 1. The lowest BCUT2D eigenvalue weighted by Gasteiger charge is -2.32. The Balaban J connectivity index is 1.81. The molecular weight excluding hydrogens is 254 g/mol. The number of nitrogens with two attached hydrogens (primary N) is 1. The Kier molecular flexibility index (Phi) is 2.87. The van der Waals surface area contributed by atoms with Crippen LogP contribution in [0, 0.1) is 0 Å². The van der Waals surface area contributed by atoms with Crippen molar-refractivity contribution in [3.8, 4) is 0 Å². The molecule has 2 saturated heterocycles. The van der Waals surface area contributed by atoms with Crippen molar-refractivity contribution >= 4 is 23.3 Å². The molecule has 0 saturated carbocycles. The predicted octanol–water partition coefficient (Wildman–Crippen LogP) is 1.32. The van der Waals surface area contributed by atoms with Crippen LogP contribution < -0.4 is 5.73 Å². The average Bonchev–Trinajstić information content (AvgIpc) is 2.66. The van der Waals surface area contributed by atoms with Crippen molar-refractivity contribution in [1.82, 2.24) is 9.88 Å². The van der Waals surface area contributed by atoms with Gasteiger partial charge in [0, 0.05) is 18.7 Å². The van der Waals surface area contributed by atoms with Crippen LogP contribution in [0.2, 0.25) is 5.15 Å². The van der Waals surface area contributed by atoms with Crippen LogP contribution in [0.4, 0.5) is 5.82 Å². The van der Waals surface area contributed by atoms with Crippen molar-refractivity contribution in [2.24, 2.45) is 0 Å². The van der Waals surface area contributed by atoms with Gasteiger partial charge in [-0.25, -0.2) is 4.98 Å². The van der Waals surface area contributed by atoms with Crippen molar-refractivity contribution in [2.45, 2.75) is 25.0 Å². The fraction of sp³-hybridized carbons (Fsp3) is 0.500. The summed E-state index contributed by atoms with van der Waals surface area (Å²) in [4.78, 5) is 18.0. The van der Waals surface area contributed by atoms with E-state index in [2.05, 4.69) is 4.98 Å². The molecule has 0 aromatic carbocycles. The zero-order chi connectivity index (χ0) is 12.7. The topological polar surface area (TPSA) is 68.5 Å². The first-order valence-corrected chi connectivity index (χ1v) is 6.37. The number of carbonyl (C=O) groups is 1. The Bertz CT molecular complexity index is 462. The van der Waals surface area contributed by atoms with Gasteiger partial charge in [-0.1, -0.05) is 11.6 Å². The lowest BCUT2D eigenvalue weighted by molar-refractivity contribution is -0.0303. The molecule has 2 unspecified atom stereocenters. The lowest BCUT2D eigenvalue weighted by Crippen LogP contribution is -2.45. The molecule has 2 N–H and O–H groups in total. The number of morpholine rings is 1. The standard InChI is InChI=1S/C12H14ClN3O2/c13-10-3-7(4-11(14)15-10)12(17)16-5-8-1-2-9(6-16)18-8/h3-4,8-9H,1-2,5-6H2,(H2,14,15). The van der Waals surface area contributed by atoms with Crippen LogP contribution in [0.25, 0.3) is 0 Å². The fourth-order valence-corrected chi connectivity index (χ4v) is 2.82. The molecule has 0 radical (unpaired) electrons. The average molecular weight is 268 g/mol. The number of nitrogens with zero attached hydrogens (tertiary/aromatic N) is 2. The number of nitrogen functional groups attached to an aromatic ring is 1. The van der Waals surface area contributed by atoms with Crippen molar-refractivity contribution < 1.29 is 9.53 Å². The number of anilines is 1. The van der Waals surface area contributed by atoms with Crippen LogP contribution in [0.1, 0.15) is 23.2 Å². The van der Waals surface area contributed by atoms with E-state index in [1.807, 2.05) is 4.90 Å². The van der Waals surface area contributed by atoms with Gasteiger partial charge in [-0.3, -0.25) is 4.79 Å². The summed E-state index contributed by atoms with van der Waals surface area (Å²) >= 11 is 5.82. The van der Waals surface area contributed by atoms with Crippen molar-refractivity contribution in [1.29, 1.82) is 0 Å². The molecule has 2 aliphatic heterocycles. The lowest BCUT2D eigenvalue weighted by atomic mass is 10.2. The maximum absolute atomic E-state index is 12.4. The van der Waals surface area contributed by atoms with Crippen molar-refractivity contribution in [3.63, 3.8) is 0 Å². The summed E-state index contributed by atoms with van der Waals surface area (Å²) in [5.74, 6) is 0.216. The first-order valence-electron chi connectivity index (χ1n) is 5.99. The maximum Gasteiger partial charge on any atom is 0.254 e. The summed E-state index contributed by atoms with van der Waals surface area (Å²) in [6, 6.07) is 3.11. The van der Waals surface area contributed by atoms with E-state index in [9.17, 15) is 4.79 Å². The van der Waals surface area contributed by atoms with Gasteiger partial charge in [0.15, 0.2) is 0 Å². The number of halogens is 1. The minimum Gasteiger partial charge on any atom is -0.384 e. The highest BCUT2D eigenvalue weighted by Crippen LogP contribution is 2.27. The number of rotatable bonds is 1. The van der Waals surface area contributed by atoms with E-state index in [-0.39, 0.29) is 29.1 Å². The highest BCUT2D eigenvalue weighted by molar-refractivity contribution is 6.29. The minimum absolute atomic E-state index is 0.0498. The van der Waals surface area contributed by atoms with E-state index in [1.165, 1.54) is 0 Å². The predicted molar refractivity (Wildman–Crippen MR) is 67.5 cm³/mol. The highest BCUT2D eigenvalue weighted by Gasteiger charge is 2.36. The first kappa shape index (κ1) is 11.7. The molecule has 3 rings (SSSR count). The van der Waals surface area contributed by atoms with Gasteiger partial charge in [0.05, 0.1) is 12.2 Å². The van der Waals surface area contributed by atoms with E-state index in [4.69, 9.17) is 22.1 Å². The number of hydrogen-bond donors (Lipinski definition) is 1. The number of pyridine rings is 1. The van der Waals surface area contributed by atoms with E-state index < -0.39 is 0 Å². The van der Waals surface area contributed by atoms with E-state index in [0.29, 0.717) is 18.7 Å². The smallest absolute Gasteiger partial charge is 0.254 e. The van der Waals surface area contributed by atoms with Gasteiger partial charge in [-0.2, -0.15) is 0 Å². The molecule has 18 heavy (non-hydrogen) atoms. The molecule has 96 valence electrons. The van der Waals surface area contributed by atoms with E-state index in [0.717, 1.165) is 12.8 Å². The van der Waals surface area contributed by atoms with E-state index >= 15 is 0 Å². The van der Waals surface area contributed by atoms with Crippen LogP contribution in [0.15, 0.2) is 12.1 Å².